The van der Waals surface area contributed by atoms with E-state index in [0.717, 1.165) is 6.42 Å². The number of hydrogen-bond acceptors (Lipinski definition) is 2. The average Bonchev–Trinajstić information content (AvgIpc) is 1.97. The van der Waals surface area contributed by atoms with Crippen LogP contribution in [-0.2, 0) is 4.65 Å². The molecule has 0 spiro atoms. The summed E-state index contributed by atoms with van der Waals surface area (Å²) in [6, 6.07) is 0. The van der Waals surface area contributed by atoms with Gasteiger partial charge in [0, 0.05) is 5.92 Å². The molecule has 0 rings (SSSR count). The highest BCUT2D eigenvalue weighted by Crippen LogP contribution is 2.38. The second kappa shape index (κ2) is 5.87. The number of halogens is 1. The third-order valence-corrected chi connectivity index (χ3v) is 2.88. The standard InChI is InChI=1S/C11H24BIO2/c1-10(2,3)7-8(11(4,5)6)9(14)15-12-13/h8-9,12,14H,7H2,1-6H3. The van der Waals surface area contributed by atoms with E-state index in [0.29, 0.717) is 5.34 Å². The summed E-state index contributed by atoms with van der Waals surface area (Å²) < 4.78 is 5.32. The lowest BCUT2D eigenvalue weighted by Gasteiger charge is -2.38. The Morgan fingerprint density at radius 2 is 1.67 bits per heavy atom. The van der Waals surface area contributed by atoms with Gasteiger partial charge in [0.1, 0.15) is 6.29 Å². The molecule has 2 atom stereocenters. The molecule has 0 amide bonds. The zero-order valence-corrected chi connectivity index (χ0v) is 13.0. The minimum atomic E-state index is -0.652. The van der Waals surface area contributed by atoms with E-state index in [4.69, 9.17) is 4.65 Å². The monoisotopic (exact) mass is 326 g/mol. The summed E-state index contributed by atoms with van der Waals surface area (Å²) in [6.07, 6.45) is 0.315. The van der Waals surface area contributed by atoms with Crippen LogP contribution < -0.4 is 0 Å². The van der Waals surface area contributed by atoms with Gasteiger partial charge in [-0.1, -0.05) is 41.5 Å². The molecule has 90 valence electrons. The molecule has 0 aromatic heterocycles. The summed E-state index contributed by atoms with van der Waals surface area (Å²) in [7, 11) is 0. The van der Waals surface area contributed by atoms with Crippen LogP contribution in [0.25, 0.3) is 0 Å². The van der Waals surface area contributed by atoms with Crippen LogP contribution in [0.4, 0.5) is 0 Å². The van der Waals surface area contributed by atoms with Gasteiger partial charge < -0.3 is 9.76 Å². The predicted octanol–water partition coefficient (Wildman–Crippen LogP) is 3.12. The van der Waals surface area contributed by atoms with Crippen LogP contribution >= 0.6 is 22.4 Å². The van der Waals surface area contributed by atoms with Crippen LogP contribution in [-0.4, -0.2) is 16.7 Å². The predicted molar refractivity (Wildman–Crippen MR) is 75.3 cm³/mol. The van der Waals surface area contributed by atoms with Crippen molar-refractivity contribution in [2.75, 3.05) is 0 Å². The summed E-state index contributed by atoms with van der Waals surface area (Å²) in [5, 5.41) is 10.5. The van der Waals surface area contributed by atoms with Gasteiger partial charge >= 0.3 is 5.34 Å². The van der Waals surface area contributed by atoms with Crippen LogP contribution in [0.15, 0.2) is 0 Å². The Kier molecular flexibility index (Phi) is 6.15. The van der Waals surface area contributed by atoms with Gasteiger partial charge in [-0.25, -0.2) is 0 Å². The first-order valence-corrected chi connectivity index (χ1v) is 6.96. The first-order chi connectivity index (χ1) is 6.58. The molecule has 0 heterocycles. The molecule has 0 aromatic carbocycles. The van der Waals surface area contributed by atoms with Crippen LogP contribution in [0.3, 0.4) is 0 Å². The number of aliphatic hydroxyl groups is 1. The van der Waals surface area contributed by atoms with Gasteiger partial charge in [-0.05, 0) is 17.3 Å². The van der Waals surface area contributed by atoms with Crippen molar-refractivity contribution in [3.63, 3.8) is 0 Å². The van der Waals surface area contributed by atoms with Gasteiger partial charge in [0.2, 0.25) is 0 Å². The Labute approximate surface area is 108 Å². The van der Waals surface area contributed by atoms with E-state index in [9.17, 15) is 5.11 Å². The molecule has 0 radical (unpaired) electrons. The number of hydrogen-bond donors (Lipinski definition) is 1. The molecule has 0 aromatic rings. The maximum Gasteiger partial charge on any atom is 0.349 e. The Balaban J connectivity index is 4.60. The summed E-state index contributed by atoms with van der Waals surface area (Å²) in [4.78, 5) is 0. The SMILES string of the molecule is CC(C)(C)CC(C(O)OBI)C(C)(C)C. The third-order valence-electron chi connectivity index (χ3n) is 2.52. The fraction of sp³-hybridized carbons (Fsp3) is 1.00. The Bertz CT molecular complexity index is 184. The quantitative estimate of drug-likeness (QED) is 0.489. The highest BCUT2D eigenvalue weighted by molar-refractivity contribution is 14.1. The van der Waals surface area contributed by atoms with E-state index in [1.54, 1.807) is 0 Å². The van der Waals surface area contributed by atoms with Crippen molar-refractivity contribution >= 4 is 27.7 Å². The second-order valence-electron chi connectivity index (χ2n) is 6.40. The first-order valence-electron chi connectivity index (χ1n) is 5.43. The second-order valence-corrected chi connectivity index (χ2v) is 7.03. The van der Waals surface area contributed by atoms with Crippen molar-refractivity contribution in [1.82, 2.24) is 0 Å². The minimum absolute atomic E-state index is 0.0680. The van der Waals surface area contributed by atoms with Crippen molar-refractivity contribution in [1.29, 1.82) is 0 Å². The Morgan fingerprint density at radius 3 is 1.93 bits per heavy atom. The molecule has 0 aliphatic carbocycles. The lowest BCUT2D eigenvalue weighted by Crippen LogP contribution is -2.37. The zero-order chi connectivity index (χ0) is 12.3. The summed E-state index contributed by atoms with van der Waals surface area (Å²) in [5.41, 5.74) is 0.284. The van der Waals surface area contributed by atoms with Crippen molar-refractivity contribution in [3.05, 3.63) is 0 Å². The van der Waals surface area contributed by atoms with Gasteiger partial charge in [0.15, 0.2) is 0 Å². The van der Waals surface area contributed by atoms with E-state index in [1.165, 1.54) is 0 Å². The van der Waals surface area contributed by atoms with Crippen LogP contribution in [0.1, 0.15) is 48.0 Å². The van der Waals surface area contributed by atoms with E-state index < -0.39 is 6.29 Å². The maximum absolute atomic E-state index is 9.98. The van der Waals surface area contributed by atoms with Crippen molar-refractivity contribution in [3.8, 4) is 0 Å². The maximum atomic E-state index is 9.98. The first kappa shape index (κ1) is 15.7. The molecule has 0 bridgehead atoms. The van der Waals surface area contributed by atoms with Crippen molar-refractivity contribution in [2.24, 2.45) is 16.7 Å². The molecule has 0 fully saturated rings. The minimum Gasteiger partial charge on any atom is -0.404 e. The molecule has 15 heavy (non-hydrogen) atoms. The normalized spacial score (nSPS) is 17.3. The van der Waals surface area contributed by atoms with Crippen LogP contribution in [0.2, 0.25) is 0 Å². The fourth-order valence-electron chi connectivity index (χ4n) is 1.68. The molecule has 0 aliphatic heterocycles. The van der Waals surface area contributed by atoms with Crippen LogP contribution in [0, 0.1) is 16.7 Å². The lowest BCUT2D eigenvalue weighted by molar-refractivity contribution is -0.104. The van der Waals surface area contributed by atoms with E-state index in [-0.39, 0.29) is 16.7 Å². The average molecular weight is 326 g/mol. The van der Waals surface area contributed by atoms with Crippen molar-refractivity contribution in [2.45, 2.75) is 54.3 Å². The topological polar surface area (TPSA) is 29.5 Å². The fourth-order valence-corrected chi connectivity index (χ4v) is 2.04. The highest BCUT2D eigenvalue weighted by Gasteiger charge is 2.34. The molecule has 0 saturated heterocycles. The van der Waals surface area contributed by atoms with E-state index >= 15 is 0 Å². The summed E-state index contributed by atoms with van der Waals surface area (Å²) >= 11 is 2.12. The van der Waals surface area contributed by atoms with Gasteiger partial charge in [0.05, 0.1) is 0 Å². The Hall–Kier alpha value is 0.715. The lowest BCUT2D eigenvalue weighted by atomic mass is 9.72. The summed E-state index contributed by atoms with van der Waals surface area (Å²) in [5.74, 6) is 0.173. The van der Waals surface area contributed by atoms with Gasteiger partial charge in [0.25, 0.3) is 0 Å². The van der Waals surface area contributed by atoms with Gasteiger partial charge in [-0.3, -0.25) is 0 Å². The summed E-state index contributed by atoms with van der Waals surface area (Å²) in [6.45, 7) is 13.1. The smallest absolute Gasteiger partial charge is 0.349 e. The Morgan fingerprint density at radius 1 is 1.20 bits per heavy atom. The van der Waals surface area contributed by atoms with Gasteiger partial charge in [-0.2, -0.15) is 0 Å². The number of rotatable bonds is 4. The molecule has 2 nitrogen and oxygen atoms in total. The van der Waals surface area contributed by atoms with E-state index in [2.05, 4.69) is 63.9 Å². The third kappa shape index (κ3) is 6.79. The molecular formula is C11H24BIO2. The molecular weight excluding hydrogens is 302 g/mol. The van der Waals surface area contributed by atoms with Crippen molar-refractivity contribution < 1.29 is 9.76 Å². The zero-order valence-electron chi connectivity index (χ0n) is 10.8. The molecule has 4 heteroatoms. The molecule has 1 N–H and O–H groups in total. The van der Waals surface area contributed by atoms with E-state index in [1.807, 2.05) is 0 Å². The molecule has 0 saturated carbocycles. The highest BCUT2D eigenvalue weighted by atomic mass is 127. The molecule has 2 unspecified atom stereocenters. The number of aliphatic hydroxyl groups excluding tert-OH is 1. The molecule has 0 aliphatic rings. The largest absolute Gasteiger partial charge is 0.404 e. The van der Waals surface area contributed by atoms with Crippen LogP contribution in [0.5, 0.6) is 0 Å². The van der Waals surface area contributed by atoms with Gasteiger partial charge in [-0.15, -0.1) is 22.4 Å².